The molecular weight excluding hydrogens is 361 g/mol. The van der Waals surface area contributed by atoms with Gasteiger partial charge in [0.05, 0.1) is 11.7 Å². The second-order valence-electron chi connectivity index (χ2n) is 7.39. The summed E-state index contributed by atoms with van der Waals surface area (Å²) in [5.74, 6) is -1.94. The summed E-state index contributed by atoms with van der Waals surface area (Å²) in [7, 11) is 0. The number of urea groups is 1. The molecule has 7 heteroatoms. The summed E-state index contributed by atoms with van der Waals surface area (Å²) in [6, 6.07) is 12.8. The minimum atomic E-state index is -0.828. The molecule has 1 aliphatic carbocycles. The molecule has 4 rings (SSSR count). The molecule has 28 heavy (non-hydrogen) atoms. The molecule has 1 unspecified atom stereocenters. The molecule has 0 radical (unpaired) electrons. The van der Waals surface area contributed by atoms with Gasteiger partial charge in [0, 0.05) is 18.4 Å². The van der Waals surface area contributed by atoms with E-state index in [0.29, 0.717) is 18.3 Å². The Morgan fingerprint density at radius 2 is 1.61 bits per heavy atom. The van der Waals surface area contributed by atoms with Crippen molar-refractivity contribution in [2.24, 2.45) is 0 Å². The summed E-state index contributed by atoms with van der Waals surface area (Å²) in [5.41, 5.74) is 2.31. The predicted molar refractivity (Wildman–Crippen MR) is 99.9 cm³/mol. The number of hydrogen-bond acceptors (Lipinski definition) is 3. The van der Waals surface area contributed by atoms with Crippen LogP contribution in [0, 0.1) is 12.7 Å². The van der Waals surface area contributed by atoms with Gasteiger partial charge in [0.15, 0.2) is 6.67 Å². The number of carbonyl (C=O) groups is 3. The fraction of sp³-hybridized carbons (Fsp3) is 0.286. The van der Waals surface area contributed by atoms with Gasteiger partial charge in [-0.2, -0.15) is 0 Å². The fourth-order valence-electron chi connectivity index (χ4n) is 3.45. The molecule has 1 saturated heterocycles. The van der Waals surface area contributed by atoms with Crippen LogP contribution >= 0.6 is 0 Å². The molecule has 2 aromatic rings. The van der Waals surface area contributed by atoms with E-state index in [1.54, 1.807) is 36.4 Å². The van der Waals surface area contributed by atoms with Gasteiger partial charge in [0.1, 0.15) is 12.4 Å². The zero-order valence-electron chi connectivity index (χ0n) is 15.5. The van der Waals surface area contributed by atoms with Gasteiger partial charge in [-0.3, -0.25) is 9.59 Å². The van der Waals surface area contributed by atoms with Crippen LogP contribution in [0.2, 0.25) is 0 Å². The SMILES string of the molecule is Cc1ccc(N2C(=O)C(=O)N(C[NH+](Cc3ccc(F)cc3)C3CC3)C2=O)cc1. The Hall–Kier alpha value is -3.06. The first-order valence-corrected chi connectivity index (χ1v) is 9.29. The largest absolute Gasteiger partial charge is 0.343 e. The molecule has 1 heterocycles. The summed E-state index contributed by atoms with van der Waals surface area (Å²) in [4.78, 5) is 40.7. The van der Waals surface area contributed by atoms with Gasteiger partial charge in [0.2, 0.25) is 0 Å². The highest BCUT2D eigenvalue weighted by atomic mass is 19.1. The number of nitrogens with one attached hydrogen (secondary N) is 1. The minimum Gasteiger partial charge on any atom is -0.311 e. The molecule has 2 fully saturated rings. The first kappa shape index (κ1) is 18.3. The lowest BCUT2D eigenvalue weighted by Gasteiger charge is -2.23. The Balaban J connectivity index is 1.53. The van der Waals surface area contributed by atoms with Crippen molar-refractivity contribution < 1.29 is 23.7 Å². The van der Waals surface area contributed by atoms with Gasteiger partial charge >= 0.3 is 17.8 Å². The molecule has 0 aromatic heterocycles. The van der Waals surface area contributed by atoms with Crippen LogP contribution in [-0.4, -0.2) is 35.5 Å². The van der Waals surface area contributed by atoms with Crippen LogP contribution in [0.5, 0.6) is 0 Å². The molecule has 4 amide bonds. The van der Waals surface area contributed by atoms with E-state index in [9.17, 15) is 18.8 Å². The van der Waals surface area contributed by atoms with Crippen molar-refractivity contribution in [2.75, 3.05) is 11.6 Å². The zero-order chi connectivity index (χ0) is 19.8. The predicted octanol–water partition coefficient (Wildman–Crippen LogP) is 1.63. The number of halogens is 1. The van der Waals surface area contributed by atoms with Gasteiger partial charge in [-0.25, -0.2) is 19.0 Å². The number of imide groups is 2. The summed E-state index contributed by atoms with van der Waals surface area (Å²) in [6.07, 6.45) is 2.00. The van der Waals surface area contributed by atoms with E-state index in [4.69, 9.17) is 0 Å². The van der Waals surface area contributed by atoms with Crippen LogP contribution in [-0.2, 0) is 16.1 Å². The molecule has 6 nitrogen and oxygen atoms in total. The second kappa shape index (κ2) is 7.16. The van der Waals surface area contributed by atoms with Gasteiger partial charge in [0.25, 0.3) is 0 Å². The zero-order valence-corrected chi connectivity index (χ0v) is 15.5. The van der Waals surface area contributed by atoms with Crippen molar-refractivity contribution in [3.05, 3.63) is 65.5 Å². The fourth-order valence-corrected chi connectivity index (χ4v) is 3.45. The van der Waals surface area contributed by atoms with Crippen LogP contribution < -0.4 is 9.80 Å². The number of amides is 4. The van der Waals surface area contributed by atoms with Crippen molar-refractivity contribution in [1.82, 2.24) is 4.90 Å². The van der Waals surface area contributed by atoms with Gasteiger partial charge in [-0.15, -0.1) is 0 Å². The second-order valence-corrected chi connectivity index (χ2v) is 7.39. The van der Waals surface area contributed by atoms with Crippen molar-refractivity contribution >= 4 is 23.5 Å². The Bertz CT molecular complexity index is 923. The minimum absolute atomic E-state index is 0.119. The average molecular weight is 382 g/mol. The Morgan fingerprint density at radius 3 is 2.21 bits per heavy atom. The Morgan fingerprint density at radius 1 is 0.964 bits per heavy atom. The van der Waals surface area contributed by atoms with Gasteiger partial charge in [-0.1, -0.05) is 29.8 Å². The highest BCUT2D eigenvalue weighted by molar-refractivity contribution is 6.52. The lowest BCUT2D eigenvalue weighted by molar-refractivity contribution is -0.931. The maximum Gasteiger partial charge on any atom is 0.343 e. The Labute approximate surface area is 162 Å². The monoisotopic (exact) mass is 382 g/mol. The number of quaternary nitrogens is 1. The lowest BCUT2D eigenvalue weighted by Crippen LogP contribution is -3.13. The third kappa shape index (κ3) is 3.53. The molecular formula is C21H21FN3O3+. The van der Waals surface area contributed by atoms with Crippen LogP contribution in [0.25, 0.3) is 0 Å². The van der Waals surface area contributed by atoms with E-state index in [1.165, 1.54) is 12.1 Å². The molecule has 1 saturated carbocycles. The third-order valence-corrected chi connectivity index (χ3v) is 5.21. The summed E-state index contributed by atoms with van der Waals surface area (Å²) < 4.78 is 13.1. The van der Waals surface area contributed by atoms with E-state index < -0.39 is 17.8 Å². The van der Waals surface area contributed by atoms with Gasteiger partial charge in [-0.05, 0) is 31.2 Å². The number of nitrogens with zero attached hydrogens (tertiary/aromatic N) is 2. The molecule has 2 aromatic carbocycles. The molecule has 144 valence electrons. The highest BCUT2D eigenvalue weighted by Crippen LogP contribution is 2.23. The first-order chi connectivity index (χ1) is 13.4. The van der Waals surface area contributed by atoms with Crippen LogP contribution in [0.15, 0.2) is 48.5 Å². The number of rotatable bonds is 6. The van der Waals surface area contributed by atoms with Crippen molar-refractivity contribution in [3.8, 4) is 0 Å². The summed E-state index contributed by atoms with van der Waals surface area (Å²) in [6.45, 7) is 2.58. The van der Waals surface area contributed by atoms with Crippen molar-refractivity contribution in [1.29, 1.82) is 0 Å². The normalized spacial score (nSPS) is 18.1. The quantitative estimate of drug-likeness (QED) is 0.610. The van der Waals surface area contributed by atoms with Crippen LogP contribution in [0.4, 0.5) is 14.9 Å². The molecule has 0 bridgehead atoms. The molecule has 1 atom stereocenters. The number of carbonyl (C=O) groups excluding carboxylic acids is 3. The van der Waals surface area contributed by atoms with Crippen molar-refractivity contribution in [3.63, 3.8) is 0 Å². The molecule has 0 spiro atoms. The smallest absolute Gasteiger partial charge is 0.311 e. The number of hydrogen-bond donors (Lipinski definition) is 1. The topological polar surface area (TPSA) is 62.1 Å². The molecule has 2 aliphatic rings. The van der Waals surface area contributed by atoms with E-state index in [0.717, 1.165) is 38.7 Å². The van der Waals surface area contributed by atoms with Gasteiger partial charge < -0.3 is 4.90 Å². The number of anilines is 1. The third-order valence-electron chi connectivity index (χ3n) is 5.21. The van der Waals surface area contributed by atoms with Crippen molar-refractivity contribution in [2.45, 2.75) is 32.4 Å². The summed E-state index contributed by atoms with van der Waals surface area (Å²) >= 11 is 0. The first-order valence-electron chi connectivity index (χ1n) is 9.29. The van der Waals surface area contributed by atoms with E-state index in [2.05, 4.69) is 0 Å². The maximum atomic E-state index is 13.1. The number of benzene rings is 2. The molecule has 1 aliphatic heterocycles. The van der Waals surface area contributed by atoms with Crippen LogP contribution in [0.3, 0.4) is 0 Å². The Kier molecular flexibility index (Phi) is 4.68. The van der Waals surface area contributed by atoms with E-state index in [-0.39, 0.29) is 12.5 Å². The maximum absolute atomic E-state index is 13.1. The number of aryl methyl sites for hydroxylation is 1. The molecule has 1 N–H and O–H groups in total. The van der Waals surface area contributed by atoms with E-state index >= 15 is 0 Å². The van der Waals surface area contributed by atoms with Crippen LogP contribution in [0.1, 0.15) is 24.0 Å². The lowest BCUT2D eigenvalue weighted by atomic mass is 10.2. The standard InChI is InChI=1S/C21H20FN3O3/c1-14-2-8-18(9-3-14)25-20(27)19(26)24(21(25)28)13-23(17-10-11-17)12-15-4-6-16(22)7-5-15/h2-9,17H,10-13H2,1H3/p+1. The average Bonchev–Trinajstić information content (AvgIpc) is 3.50. The highest BCUT2D eigenvalue weighted by Gasteiger charge is 2.48. The summed E-state index contributed by atoms with van der Waals surface area (Å²) in [5, 5.41) is 0. The van der Waals surface area contributed by atoms with E-state index in [1.807, 2.05) is 6.92 Å².